The van der Waals surface area contributed by atoms with Crippen molar-refractivity contribution in [2.75, 3.05) is 25.9 Å². The minimum Gasteiger partial charge on any atom is -0.373 e. The number of sulfonamides is 1. The van der Waals surface area contributed by atoms with Gasteiger partial charge in [0, 0.05) is 20.1 Å². The molecule has 2 bridgehead atoms. The second-order valence-electron chi connectivity index (χ2n) is 6.82. The predicted octanol–water partition coefficient (Wildman–Crippen LogP) is 0.191. The topological polar surface area (TPSA) is 91.8 Å². The standard InChI is InChI=1S/C15H28N4O3S/c1-16-15(19-13-9-12-5-6-14(13)22-12)17-7-8-23(20,21)18-10-11-3-2-4-11/h11-14,18H,2-10H2,1H3,(H2,16,17,19). The Morgan fingerprint density at radius 2 is 2.09 bits per heavy atom. The number of fused-ring (bicyclic) bond motifs is 2. The van der Waals surface area contributed by atoms with E-state index in [9.17, 15) is 8.42 Å². The summed E-state index contributed by atoms with van der Waals surface area (Å²) in [5.41, 5.74) is 0. The summed E-state index contributed by atoms with van der Waals surface area (Å²) in [5, 5.41) is 6.44. The molecule has 3 aliphatic rings. The van der Waals surface area contributed by atoms with E-state index in [4.69, 9.17) is 4.74 Å². The Hall–Kier alpha value is -0.860. The summed E-state index contributed by atoms with van der Waals surface area (Å²) in [6, 6.07) is 0.285. The van der Waals surface area contributed by atoms with Crippen LogP contribution in [0.1, 0.15) is 38.5 Å². The van der Waals surface area contributed by atoms with Crippen LogP contribution in [0, 0.1) is 5.92 Å². The minimum absolute atomic E-state index is 0.0631. The van der Waals surface area contributed by atoms with E-state index in [0.29, 0.717) is 31.1 Å². The van der Waals surface area contributed by atoms with Crippen molar-refractivity contribution >= 4 is 16.0 Å². The molecule has 0 radical (unpaired) electrons. The highest BCUT2D eigenvalue weighted by molar-refractivity contribution is 7.89. The van der Waals surface area contributed by atoms with E-state index >= 15 is 0 Å². The molecule has 2 aliphatic heterocycles. The average Bonchev–Trinajstić information content (AvgIpc) is 3.06. The molecule has 1 saturated carbocycles. The first-order valence-electron chi connectivity index (χ1n) is 8.66. The zero-order chi connectivity index (χ0) is 16.3. The fourth-order valence-electron chi connectivity index (χ4n) is 3.48. The third-order valence-electron chi connectivity index (χ3n) is 5.13. The summed E-state index contributed by atoms with van der Waals surface area (Å²) in [6.45, 7) is 0.930. The highest BCUT2D eigenvalue weighted by Crippen LogP contribution is 2.34. The van der Waals surface area contributed by atoms with E-state index in [2.05, 4.69) is 20.3 Å². The van der Waals surface area contributed by atoms with Gasteiger partial charge >= 0.3 is 0 Å². The molecule has 3 fully saturated rings. The van der Waals surface area contributed by atoms with Crippen LogP contribution in [0.5, 0.6) is 0 Å². The monoisotopic (exact) mass is 344 g/mol. The zero-order valence-corrected chi connectivity index (χ0v) is 14.6. The fraction of sp³-hybridized carbons (Fsp3) is 0.933. The van der Waals surface area contributed by atoms with E-state index in [1.165, 1.54) is 6.42 Å². The minimum atomic E-state index is -3.21. The summed E-state index contributed by atoms with van der Waals surface area (Å²) in [5.74, 6) is 1.25. The van der Waals surface area contributed by atoms with Crippen molar-refractivity contribution in [2.24, 2.45) is 10.9 Å². The SMILES string of the molecule is CN=C(NCCS(=O)(=O)NCC1CCC1)NC1CC2CCC1O2. The lowest BCUT2D eigenvalue weighted by molar-refractivity contribution is 0.0992. The van der Waals surface area contributed by atoms with Gasteiger partial charge in [0.25, 0.3) is 0 Å². The van der Waals surface area contributed by atoms with Crippen LogP contribution in [0.3, 0.4) is 0 Å². The molecule has 0 spiro atoms. The van der Waals surface area contributed by atoms with Gasteiger partial charge in [0.2, 0.25) is 10.0 Å². The fourth-order valence-corrected chi connectivity index (χ4v) is 4.48. The summed E-state index contributed by atoms with van der Waals surface area (Å²) < 4.78 is 32.4. The van der Waals surface area contributed by atoms with Crippen molar-refractivity contribution < 1.29 is 13.2 Å². The van der Waals surface area contributed by atoms with Crippen LogP contribution in [-0.4, -0.2) is 58.5 Å². The molecule has 3 unspecified atom stereocenters. The molecule has 0 aromatic rings. The third-order valence-corrected chi connectivity index (χ3v) is 6.48. The number of ether oxygens (including phenoxy) is 1. The van der Waals surface area contributed by atoms with Gasteiger partial charge in [0.1, 0.15) is 0 Å². The smallest absolute Gasteiger partial charge is 0.213 e. The molecule has 0 amide bonds. The lowest BCUT2D eigenvalue weighted by Crippen LogP contribution is -2.48. The number of hydrogen-bond donors (Lipinski definition) is 3. The highest BCUT2D eigenvalue weighted by Gasteiger charge is 2.41. The Bertz CT molecular complexity index is 533. The number of guanidine groups is 1. The van der Waals surface area contributed by atoms with Crippen LogP contribution in [0.4, 0.5) is 0 Å². The van der Waals surface area contributed by atoms with Gasteiger partial charge in [0.05, 0.1) is 24.0 Å². The molecule has 8 heteroatoms. The van der Waals surface area contributed by atoms with Crippen molar-refractivity contribution in [3.63, 3.8) is 0 Å². The highest BCUT2D eigenvalue weighted by atomic mass is 32.2. The predicted molar refractivity (Wildman–Crippen MR) is 89.9 cm³/mol. The molecule has 2 saturated heterocycles. The van der Waals surface area contributed by atoms with Crippen molar-refractivity contribution in [1.82, 2.24) is 15.4 Å². The summed E-state index contributed by atoms with van der Waals surface area (Å²) in [4.78, 5) is 4.17. The van der Waals surface area contributed by atoms with Crippen LogP contribution in [-0.2, 0) is 14.8 Å². The van der Waals surface area contributed by atoms with Gasteiger partial charge in [-0.1, -0.05) is 6.42 Å². The number of nitrogens with zero attached hydrogens (tertiary/aromatic N) is 1. The Kier molecular flexibility index (Phi) is 5.43. The molecule has 3 N–H and O–H groups in total. The van der Waals surface area contributed by atoms with Crippen molar-refractivity contribution in [1.29, 1.82) is 0 Å². The van der Waals surface area contributed by atoms with Crippen molar-refractivity contribution in [3.05, 3.63) is 0 Å². The average molecular weight is 344 g/mol. The van der Waals surface area contributed by atoms with Gasteiger partial charge in [-0.15, -0.1) is 0 Å². The zero-order valence-electron chi connectivity index (χ0n) is 13.8. The first kappa shape index (κ1) is 17.0. The molecule has 23 heavy (non-hydrogen) atoms. The molecule has 3 rings (SSSR count). The molecule has 0 aromatic heterocycles. The Morgan fingerprint density at radius 1 is 1.26 bits per heavy atom. The first-order valence-corrected chi connectivity index (χ1v) is 10.3. The molecule has 3 atom stereocenters. The maximum Gasteiger partial charge on any atom is 0.213 e. The number of aliphatic imine (C=N–C) groups is 1. The quantitative estimate of drug-likeness (QED) is 0.453. The van der Waals surface area contributed by atoms with E-state index in [-0.39, 0.29) is 17.9 Å². The summed E-state index contributed by atoms with van der Waals surface area (Å²) in [6.07, 6.45) is 7.41. The Balaban J connectivity index is 1.36. The number of rotatable bonds is 7. The van der Waals surface area contributed by atoms with Crippen LogP contribution < -0.4 is 15.4 Å². The van der Waals surface area contributed by atoms with E-state index in [0.717, 1.165) is 32.1 Å². The lowest BCUT2D eigenvalue weighted by atomic mass is 9.86. The normalized spacial score (nSPS) is 31.2. The molecular formula is C15H28N4O3S. The van der Waals surface area contributed by atoms with Gasteiger partial charge in [-0.25, -0.2) is 13.1 Å². The largest absolute Gasteiger partial charge is 0.373 e. The van der Waals surface area contributed by atoms with E-state index < -0.39 is 10.0 Å². The van der Waals surface area contributed by atoms with Crippen LogP contribution >= 0.6 is 0 Å². The van der Waals surface area contributed by atoms with Crippen LogP contribution in [0.25, 0.3) is 0 Å². The maximum atomic E-state index is 12.0. The second-order valence-corrected chi connectivity index (χ2v) is 8.75. The van der Waals surface area contributed by atoms with E-state index in [1.807, 2.05) is 0 Å². The van der Waals surface area contributed by atoms with Crippen LogP contribution in [0.15, 0.2) is 4.99 Å². The summed E-state index contributed by atoms with van der Waals surface area (Å²) >= 11 is 0. The van der Waals surface area contributed by atoms with Crippen LogP contribution in [0.2, 0.25) is 0 Å². The van der Waals surface area contributed by atoms with Gasteiger partial charge < -0.3 is 15.4 Å². The first-order chi connectivity index (χ1) is 11.1. The third kappa shape index (κ3) is 4.58. The number of nitrogens with one attached hydrogen (secondary N) is 3. The van der Waals surface area contributed by atoms with Gasteiger partial charge in [-0.3, -0.25) is 4.99 Å². The second kappa shape index (κ2) is 7.36. The van der Waals surface area contributed by atoms with Crippen molar-refractivity contribution in [2.45, 2.75) is 56.8 Å². The molecule has 1 aliphatic carbocycles. The Labute approximate surface area is 138 Å². The molecular weight excluding hydrogens is 316 g/mol. The summed E-state index contributed by atoms with van der Waals surface area (Å²) in [7, 11) is -1.51. The van der Waals surface area contributed by atoms with Gasteiger partial charge in [0.15, 0.2) is 5.96 Å². The Morgan fingerprint density at radius 3 is 2.65 bits per heavy atom. The lowest BCUT2D eigenvalue weighted by Gasteiger charge is -2.25. The molecule has 7 nitrogen and oxygen atoms in total. The maximum absolute atomic E-state index is 12.0. The molecule has 132 valence electrons. The van der Waals surface area contributed by atoms with E-state index in [1.54, 1.807) is 7.05 Å². The van der Waals surface area contributed by atoms with Gasteiger partial charge in [-0.2, -0.15) is 0 Å². The molecule has 0 aromatic carbocycles. The van der Waals surface area contributed by atoms with Gasteiger partial charge in [-0.05, 0) is 38.0 Å². The van der Waals surface area contributed by atoms with Crippen molar-refractivity contribution in [3.8, 4) is 0 Å². The number of hydrogen-bond acceptors (Lipinski definition) is 4. The molecule has 2 heterocycles.